The highest BCUT2D eigenvalue weighted by Gasteiger charge is 2.31. The van der Waals surface area contributed by atoms with Gasteiger partial charge in [0.2, 0.25) is 5.91 Å². The minimum atomic E-state index is -0.469. The van der Waals surface area contributed by atoms with Crippen LogP contribution < -0.4 is 10.1 Å². The first kappa shape index (κ1) is 14.1. The van der Waals surface area contributed by atoms with Gasteiger partial charge in [0, 0.05) is 13.1 Å². The van der Waals surface area contributed by atoms with E-state index < -0.39 is 6.04 Å². The molecule has 0 radical (unpaired) electrons. The monoisotopic (exact) mass is 274 g/mol. The number of nitrogens with zero attached hydrogens (tertiary/aromatic N) is 1. The zero-order chi connectivity index (χ0) is 14.5. The topological polar surface area (TPSA) is 58.6 Å². The number of piperazine rings is 1. The number of hydrogen-bond donors (Lipinski definition) is 1. The van der Waals surface area contributed by atoms with E-state index in [0.29, 0.717) is 31.0 Å². The van der Waals surface area contributed by atoms with Gasteiger partial charge in [0.25, 0.3) is 5.91 Å². The van der Waals surface area contributed by atoms with E-state index in [2.05, 4.69) is 11.9 Å². The van der Waals surface area contributed by atoms with Crippen LogP contribution in [0.15, 0.2) is 36.9 Å². The molecule has 1 unspecified atom stereocenters. The maximum Gasteiger partial charge on any atom is 0.258 e. The molecular weight excluding hydrogens is 256 g/mol. The number of carbonyl (C=O) groups is 2. The molecule has 20 heavy (non-hydrogen) atoms. The lowest BCUT2D eigenvalue weighted by molar-refractivity contribution is -0.127. The third kappa shape index (κ3) is 2.82. The van der Waals surface area contributed by atoms with Crippen molar-refractivity contribution >= 4 is 11.8 Å². The van der Waals surface area contributed by atoms with Gasteiger partial charge in [-0.05, 0) is 19.1 Å². The van der Waals surface area contributed by atoms with E-state index in [9.17, 15) is 9.59 Å². The van der Waals surface area contributed by atoms with E-state index in [4.69, 9.17) is 4.74 Å². The fraction of sp³-hybridized carbons (Fsp3) is 0.333. The first-order valence-corrected chi connectivity index (χ1v) is 6.56. The van der Waals surface area contributed by atoms with E-state index in [-0.39, 0.29) is 11.8 Å². The highest BCUT2D eigenvalue weighted by molar-refractivity contribution is 6.00. The quantitative estimate of drug-likeness (QED) is 0.840. The molecule has 0 spiro atoms. The van der Waals surface area contributed by atoms with Gasteiger partial charge in [-0.1, -0.05) is 24.8 Å². The molecule has 106 valence electrons. The summed E-state index contributed by atoms with van der Waals surface area (Å²) in [7, 11) is 0. The van der Waals surface area contributed by atoms with Crippen molar-refractivity contribution in [2.75, 3.05) is 19.7 Å². The Labute approximate surface area is 118 Å². The van der Waals surface area contributed by atoms with Crippen LogP contribution in [-0.4, -0.2) is 42.5 Å². The number of benzene rings is 1. The second kappa shape index (κ2) is 6.23. The standard InChI is InChI=1S/C15H18N2O3/c1-3-10-20-13-7-5-4-6-12(13)15(19)17-9-8-16-14(18)11(17)2/h3-7,11H,1,8-10H2,2H3,(H,16,18). The fourth-order valence-corrected chi connectivity index (χ4v) is 2.13. The molecule has 5 heteroatoms. The molecule has 1 saturated heterocycles. The summed E-state index contributed by atoms with van der Waals surface area (Å²) in [4.78, 5) is 25.8. The normalized spacial score (nSPS) is 18.4. The highest BCUT2D eigenvalue weighted by Crippen LogP contribution is 2.21. The summed E-state index contributed by atoms with van der Waals surface area (Å²) in [5.74, 6) is 0.191. The maximum absolute atomic E-state index is 12.6. The Hall–Kier alpha value is -2.30. The van der Waals surface area contributed by atoms with Crippen LogP contribution >= 0.6 is 0 Å². The van der Waals surface area contributed by atoms with Gasteiger partial charge in [0.1, 0.15) is 18.4 Å². The second-order valence-electron chi connectivity index (χ2n) is 4.56. The summed E-state index contributed by atoms with van der Waals surface area (Å²) in [6.07, 6.45) is 1.62. The zero-order valence-electron chi connectivity index (χ0n) is 11.5. The van der Waals surface area contributed by atoms with Gasteiger partial charge in [-0.25, -0.2) is 0 Å². The first-order valence-electron chi connectivity index (χ1n) is 6.56. The smallest absolute Gasteiger partial charge is 0.258 e. The number of ether oxygens (including phenoxy) is 1. The summed E-state index contributed by atoms with van der Waals surface area (Å²) < 4.78 is 5.49. The summed E-state index contributed by atoms with van der Waals surface area (Å²) in [5, 5.41) is 2.74. The Bertz CT molecular complexity index is 528. The molecule has 1 atom stereocenters. The molecule has 2 rings (SSSR count). The van der Waals surface area contributed by atoms with Crippen molar-refractivity contribution in [1.29, 1.82) is 0 Å². The van der Waals surface area contributed by atoms with Gasteiger partial charge in [-0.15, -0.1) is 0 Å². The average Bonchev–Trinajstić information content (AvgIpc) is 2.47. The molecule has 0 saturated carbocycles. The largest absolute Gasteiger partial charge is 0.489 e. The van der Waals surface area contributed by atoms with Crippen LogP contribution in [0.2, 0.25) is 0 Å². The summed E-state index contributed by atoms with van der Waals surface area (Å²) in [5.41, 5.74) is 0.468. The number of amides is 2. The minimum Gasteiger partial charge on any atom is -0.489 e. The SMILES string of the molecule is C=CCOc1ccccc1C(=O)N1CCNC(=O)C1C. The van der Waals surface area contributed by atoms with Crippen LogP contribution in [0.3, 0.4) is 0 Å². The molecule has 5 nitrogen and oxygen atoms in total. The number of rotatable bonds is 4. The number of carbonyl (C=O) groups excluding carboxylic acids is 2. The van der Waals surface area contributed by atoms with Gasteiger partial charge in [-0.3, -0.25) is 9.59 Å². The number of nitrogens with one attached hydrogen (secondary N) is 1. The lowest BCUT2D eigenvalue weighted by Crippen LogP contribution is -2.55. The van der Waals surface area contributed by atoms with E-state index in [1.807, 2.05) is 6.07 Å². The predicted octanol–water partition coefficient (Wildman–Crippen LogP) is 1.21. The third-order valence-electron chi connectivity index (χ3n) is 3.23. The summed E-state index contributed by atoms with van der Waals surface area (Å²) >= 11 is 0. The second-order valence-corrected chi connectivity index (χ2v) is 4.56. The molecule has 1 fully saturated rings. The molecule has 1 aliphatic rings. The molecule has 1 aromatic rings. The fourth-order valence-electron chi connectivity index (χ4n) is 2.13. The van der Waals surface area contributed by atoms with Gasteiger partial charge >= 0.3 is 0 Å². The van der Waals surface area contributed by atoms with Crippen LogP contribution in [0.5, 0.6) is 5.75 Å². The lowest BCUT2D eigenvalue weighted by atomic mass is 10.1. The predicted molar refractivity (Wildman–Crippen MR) is 75.6 cm³/mol. The van der Waals surface area contributed by atoms with Gasteiger partial charge < -0.3 is 15.0 Å². The van der Waals surface area contributed by atoms with Crippen molar-refractivity contribution in [3.63, 3.8) is 0 Å². The Kier molecular flexibility index (Phi) is 4.40. The maximum atomic E-state index is 12.6. The molecule has 1 aliphatic heterocycles. The number of hydrogen-bond acceptors (Lipinski definition) is 3. The van der Waals surface area contributed by atoms with Crippen molar-refractivity contribution in [2.24, 2.45) is 0 Å². The molecule has 1 N–H and O–H groups in total. The molecule has 1 aromatic carbocycles. The Morgan fingerprint density at radius 3 is 3.05 bits per heavy atom. The van der Waals surface area contributed by atoms with E-state index in [1.54, 1.807) is 36.1 Å². The lowest BCUT2D eigenvalue weighted by Gasteiger charge is -2.33. The van der Waals surface area contributed by atoms with Gasteiger partial charge in [0.15, 0.2) is 0 Å². The van der Waals surface area contributed by atoms with Crippen molar-refractivity contribution in [3.05, 3.63) is 42.5 Å². The highest BCUT2D eigenvalue weighted by atomic mass is 16.5. The molecule has 0 aliphatic carbocycles. The van der Waals surface area contributed by atoms with Crippen molar-refractivity contribution in [1.82, 2.24) is 10.2 Å². The summed E-state index contributed by atoms with van der Waals surface area (Å²) in [6.45, 7) is 6.62. The Balaban J connectivity index is 2.24. The van der Waals surface area contributed by atoms with E-state index in [0.717, 1.165) is 0 Å². The minimum absolute atomic E-state index is 0.130. The van der Waals surface area contributed by atoms with Crippen molar-refractivity contribution in [2.45, 2.75) is 13.0 Å². The van der Waals surface area contributed by atoms with Crippen molar-refractivity contribution < 1.29 is 14.3 Å². The van der Waals surface area contributed by atoms with Crippen LogP contribution in [0.1, 0.15) is 17.3 Å². The van der Waals surface area contributed by atoms with E-state index in [1.165, 1.54) is 0 Å². The van der Waals surface area contributed by atoms with Crippen LogP contribution in [0.4, 0.5) is 0 Å². The number of para-hydroxylation sites is 1. The van der Waals surface area contributed by atoms with Crippen molar-refractivity contribution in [3.8, 4) is 5.75 Å². The van der Waals surface area contributed by atoms with Crippen LogP contribution in [0, 0.1) is 0 Å². The molecule has 0 bridgehead atoms. The van der Waals surface area contributed by atoms with Crippen LogP contribution in [0.25, 0.3) is 0 Å². The third-order valence-corrected chi connectivity index (χ3v) is 3.23. The molecular formula is C15H18N2O3. The Morgan fingerprint density at radius 2 is 2.30 bits per heavy atom. The average molecular weight is 274 g/mol. The van der Waals surface area contributed by atoms with E-state index >= 15 is 0 Å². The molecule has 0 aromatic heterocycles. The van der Waals surface area contributed by atoms with Gasteiger partial charge in [0.05, 0.1) is 5.56 Å². The first-order chi connectivity index (χ1) is 9.65. The van der Waals surface area contributed by atoms with Crippen LogP contribution in [-0.2, 0) is 4.79 Å². The Morgan fingerprint density at radius 1 is 1.55 bits per heavy atom. The van der Waals surface area contributed by atoms with Gasteiger partial charge in [-0.2, -0.15) is 0 Å². The molecule has 1 heterocycles. The molecule has 2 amide bonds. The summed E-state index contributed by atoms with van der Waals surface area (Å²) in [6, 6.07) is 6.57. The zero-order valence-corrected chi connectivity index (χ0v) is 11.5.